The van der Waals surface area contributed by atoms with Gasteiger partial charge in [0.15, 0.2) is 5.65 Å². The van der Waals surface area contributed by atoms with Crippen LogP contribution in [0.2, 0.25) is 0 Å². The second-order valence-corrected chi connectivity index (χ2v) is 5.43. The van der Waals surface area contributed by atoms with Gasteiger partial charge in [0, 0.05) is 13.1 Å². The summed E-state index contributed by atoms with van der Waals surface area (Å²) in [6, 6.07) is 0.420. The first-order valence-corrected chi connectivity index (χ1v) is 7.02. The molecule has 2 aromatic rings. The van der Waals surface area contributed by atoms with E-state index in [1.54, 1.807) is 10.8 Å². The average molecular weight is 259 g/mol. The fourth-order valence-corrected chi connectivity index (χ4v) is 3.24. The number of nitrogens with one attached hydrogen (secondary N) is 1. The zero-order valence-corrected chi connectivity index (χ0v) is 10.8. The van der Waals surface area contributed by atoms with Crippen LogP contribution in [-0.2, 0) is 13.1 Å². The molecule has 2 aliphatic rings. The highest BCUT2D eigenvalue weighted by atomic mass is 16.1. The van der Waals surface area contributed by atoms with Gasteiger partial charge in [-0.2, -0.15) is 5.10 Å². The van der Waals surface area contributed by atoms with Gasteiger partial charge >= 0.3 is 0 Å². The standard InChI is InChI=1S/C13H17N5O/c19-13-10-7-15-18(9-3-1-2-4-9)12(10)16-11-8-14-5-6-17(11)13/h7,9,14H,1-6,8H2. The molecule has 1 N–H and O–H groups in total. The monoisotopic (exact) mass is 259 g/mol. The molecule has 0 radical (unpaired) electrons. The summed E-state index contributed by atoms with van der Waals surface area (Å²) >= 11 is 0. The topological polar surface area (TPSA) is 64.7 Å². The van der Waals surface area contributed by atoms with Gasteiger partial charge in [0.05, 0.1) is 18.8 Å². The van der Waals surface area contributed by atoms with Crippen molar-refractivity contribution < 1.29 is 0 Å². The van der Waals surface area contributed by atoms with E-state index in [0.717, 1.165) is 30.9 Å². The zero-order valence-electron chi connectivity index (χ0n) is 10.8. The third-order valence-electron chi connectivity index (χ3n) is 4.26. The molecule has 0 atom stereocenters. The maximum Gasteiger partial charge on any atom is 0.264 e. The Morgan fingerprint density at radius 3 is 3.00 bits per heavy atom. The van der Waals surface area contributed by atoms with Gasteiger partial charge in [0.2, 0.25) is 0 Å². The van der Waals surface area contributed by atoms with E-state index >= 15 is 0 Å². The fraction of sp³-hybridized carbons (Fsp3) is 0.615. The van der Waals surface area contributed by atoms with Crippen LogP contribution in [0.1, 0.15) is 37.5 Å². The largest absolute Gasteiger partial charge is 0.308 e. The van der Waals surface area contributed by atoms with Crippen LogP contribution >= 0.6 is 0 Å². The van der Waals surface area contributed by atoms with Gasteiger partial charge in [0.1, 0.15) is 11.2 Å². The smallest absolute Gasteiger partial charge is 0.264 e. The Labute approximate surface area is 110 Å². The van der Waals surface area contributed by atoms with E-state index in [-0.39, 0.29) is 5.56 Å². The van der Waals surface area contributed by atoms with Crippen LogP contribution in [0.4, 0.5) is 0 Å². The van der Waals surface area contributed by atoms with E-state index < -0.39 is 0 Å². The summed E-state index contributed by atoms with van der Waals surface area (Å²) in [5.74, 6) is 0.837. The Bertz CT molecular complexity index is 680. The minimum atomic E-state index is 0.0609. The third kappa shape index (κ3) is 1.63. The van der Waals surface area contributed by atoms with Crippen LogP contribution in [0.25, 0.3) is 11.0 Å². The Morgan fingerprint density at radius 2 is 2.16 bits per heavy atom. The van der Waals surface area contributed by atoms with Gasteiger partial charge in [-0.25, -0.2) is 9.67 Å². The van der Waals surface area contributed by atoms with E-state index in [1.807, 2.05) is 4.68 Å². The number of aromatic nitrogens is 4. The highest BCUT2D eigenvalue weighted by molar-refractivity contribution is 5.73. The molecule has 0 spiro atoms. The molecule has 100 valence electrons. The highest BCUT2D eigenvalue weighted by Gasteiger charge is 2.23. The van der Waals surface area contributed by atoms with Crippen molar-refractivity contribution in [3.63, 3.8) is 0 Å². The van der Waals surface area contributed by atoms with Crippen molar-refractivity contribution in [2.75, 3.05) is 6.54 Å². The number of nitrogens with zero attached hydrogens (tertiary/aromatic N) is 4. The summed E-state index contributed by atoms with van der Waals surface area (Å²) in [6.45, 7) is 2.20. The molecule has 19 heavy (non-hydrogen) atoms. The second-order valence-electron chi connectivity index (χ2n) is 5.43. The van der Waals surface area contributed by atoms with Crippen molar-refractivity contribution in [2.45, 2.75) is 44.8 Å². The maximum atomic E-state index is 12.4. The lowest BCUT2D eigenvalue weighted by molar-refractivity contribution is 0.467. The number of hydrogen-bond acceptors (Lipinski definition) is 4. The van der Waals surface area contributed by atoms with Gasteiger partial charge < -0.3 is 5.32 Å². The van der Waals surface area contributed by atoms with Crippen molar-refractivity contribution in [3.8, 4) is 0 Å². The minimum absolute atomic E-state index is 0.0609. The zero-order chi connectivity index (χ0) is 12.8. The molecule has 0 aromatic carbocycles. The number of rotatable bonds is 1. The summed E-state index contributed by atoms with van der Waals surface area (Å²) in [5, 5.41) is 8.36. The Kier molecular flexibility index (Phi) is 2.44. The molecule has 1 aliphatic heterocycles. The van der Waals surface area contributed by atoms with Gasteiger partial charge in [-0.15, -0.1) is 0 Å². The Hall–Kier alpha value is -1.69. The Morgan fingerprint density at radius 1 is 1.32 bits per heavy atom. The molecule has 6 heteroatoms. The minimum Gasteiger partial charge on any atom is -0.308 e. The lowest BCUT2D eigenvalue weighted by Gasteiger charge is -2.19. The normalized spacial score (nSPS) is 20.0. The van der Waals surface area contributed by atoms with Crippen LogP contribution in [0.3, 0.4) is 0 Å². The molecule has 0 amide bonds. The quantitative estimate of drug-likeness (QED) is 0.823. The van der Waals surface area contributed by atoms with Gasteiger partial charge in [-0.3, -0.25) is 9.36 Å². The van der Waals surface area contributed by atoms with E-state index in [4.69, 9.17) is 0 Å². The van der Waals surface area contributed by atoms with Crippen LogP contribution in [0.5, 0.6) is 0 Å². The van der Waals surface area contributed by atoms with E-state index in [2.05, 4.69) is 15.4 Å². The average Bonchev–Trinajstić information content (AvgIpc) is 3.07. The van der Waals surface area contributed by atoms with Crippen LogP contribution in [0.15, 0.2) is 11.0 Å². The lowest BCUT2D eigenvalue weighted by atomic mass is 10.2. The lowest BCUT2D eigenvalue weighted by Crippen LogP contribution is -2.37. The van der Waals surface area contributed by atoms with E-state index in [1.165, 1.54) is 12.8 Å². The van der Waals surface area contributed by atoms with Crippen LogP contribution in [0, 0.1) is 0 Å². The number of fused-ring (bicyclic) bond motifs is 2. The molecular weight excluding hydrogens is 242 g/mol. The maximum absolute atomic E-state index is 12.4. The van der Waals surface area contributed by atoms with Crippen molar-refractivity contribution in [1.29, 1.82) is 0 Å². The SMILES string of the molecule is O=c1c2cnn(C3CCCC3)c2nc2n1CCNC2. The molecule has 1 fully saturated rings. The number of hydrogen-bond donors (Lipinski definition) is 1. The predicted molar refractivity (Wildman–Crippen MR) is 71.0 cm³/mol. The Balaban J connectivity index is 1.93. The first-order chi connectivity index (χ1) is 9.34. The fourth-order valence-electron chi connectivity index (χ4n) is 3.24. The third-order valence-corrected chi connectivity index (χ3v) is 4.26. The summed E-state index contributed by atoms with van der Waals surface area (Å²) in [7, 11) is 0. The van der Waals surface area contributed by atoms with Crippen LogP contribution in [-0.4, -0.2) is 25.9 Å². The van der Waals surface area contributed by atoms with Crippen molar-refractivity contribution in [1.82, 2.24) is 24.6 Å². The molecule has 2 aromatic heterocycles. The molecule has 4 rings (SSSR count). The van der Waals surface area contributed by atoms with Crippen molar-refractivity contribution in [2.24, 2.45) is 0 Å². The summed E-state index contributed by atoms with van der Waals surface area (Å²) in [5.41, 5.74) is 0.831. The summed E-state index contributed by atoms with van der Waals surface area (Å²) in [6.07, 6.45) is 6.48. The molecule has 0 bridgehead atoms. The van der Waals surface area contributed by atoms with Gasteiger partial charge in [-0.1, -0.05) is 12.8 Å². The molecule has 6 nitrogen and oxygen atoms in total. The second kappa shape index (κ2) is 4.16. The van der Waals surface area contributed by atoms with Gasteiger partial charge in [0.25, 0.3) is 5.56 Å². The molecule has 0 unspecified atom stereocenters. The summed E-state index contributed by atoms with van der Waals surface area (Å²) < 4.78 is 3.75. The molecule has 1 aliphatic carbocycles. The van der Waals surface area contributed by atoms with E-state index in [0.29, 0.717) is 24.5 Å². The molecule has 1 saturated carbocycles. The molecular formula is C13H17N5O. The first kappa shape index (κ1) is 11.2. The summed E-state index contributed by atoms with van der Waals surface area (Å²) in [4.78, 5) is 17.1. The van der Waals surface area contributed by atoms with Crippen molar-refractivity contribution in [3.05, 3.63) is 22.4 Å². The van der Waals surface area contributed by atoms with Crippen LogP contribution < -0.4 is 10.9 Å². The van der Waals surface area contributed by atoms with E-state index in [9.17, 15) is 4.79 Å². The first-order valence-electron chi connectivity index (χ1n) is 7.02. The predicted octanol–water partition coefficient (Wildman–Crippen LogP) is 0.811. The highest BCUT2D eigenvalue weighted by Crippen LogP contribution is 2.30. The molecule has 0 saturated heterocycles. The van der Waals surface area contributed by atoms with Crippen molar-refractivity contribution >= 4 is 11.0 Å². The van der Waals surface area contributed by atoms with Gasteiger partial charge in [-0.05, 0) is 12.8 Å². The molecule has 3 heterocycles.